The van der Waals surface area contributed by atoms with E-state index in [-0.39, 0.29) is 5.60 Å². The molecule has 2 saturated carbocycles. The molecular weight excluding hydrogens is 196 g/mol. The van der Waals surface area contributed by atoms with Crippen molar-refractivity contribution < 1.29 is 5.11 Å². The van der Waals surface area contributed by atoms with Crippen LogP contribution in [0.4, 0.5) is 0 Å². The molecule has 2 rings (SSSR count). The fourth-order valence-corrected chi connectivity index (χ4v) is 4.10. The van der Waals surface area contributed by atoms with Crippen molar-refractivity contribution in [3.63, 3.8) is 0 Å². The van der Waals surface area contributed by atoms with Crippen molar-refractivity contribution in [2.45, 2.75) is 77.2 Å². The average molecular weight is 224 g/mol. The van der Waals surface area contributed by atoms with Crippen LogP contribution < -0.4 is 0 Å². The lowest BCUT2D eigenvalue weighted by atomic mass is 9.69. The maximum absolute atomic E-state index is 10.9. The molecule has 0 amide bonds. The van der Waals surface area contributed by atoms with Gasteiger partial charge in [-0.1, -0.05) is 39.5 Å². The standard InChI is InChI=1S/C15H28O/c1-12(2)10-13-6-5-9-15(16,11-13)14-7-3-4-8-14/h12-14,16H,3-11H2,1-2H3. The van der Waals surface area contributed by atoms with Crippen LogP contribution in [0.25, 0.3) is 0 Å². The highest BCUT2D eigenvalue weighted by atomic mass is 16.3. The lowest BCUT2D eigenvalue weighted by Crippen LogP contribution is -2.41. The van der Waals surface area contributed by atoms with Crippen LogP contribution in [0, 0.1) is 17.8 Å². The van der Waals surface area contributed by atoms with Crippen LogP contribution in [0.3, 0.4) is 0 Å². The summed E-state index contributed by atoms with van der Waals surface area (Å²) in [5.41, 5.74) is -0.283. The number of rotatable bonds is 3. The molecular formula is C15H28O. The van der Waals surface area contributed by atoms with Crippen LogP contribution in [0.1, 0.15) is 71.6 Å². The molecule has 0 spiro atoms. The van der Waals surface area contributed by atoms with E-state index in [4.69, 9.17) is 0 Å². The Balaban J connectivity index is 1.93. The normalized spacial score (nSPS) is 37.1. The number of hydrogen-bond acceptors (Lipinski definition) is 1. The summed E-state index contributed by atoms with van der Waals surface area (Å²) >= 11 is 0. The lowest BCUT2D eigenvalue weighted by molar-refractivity contribution is -0.0655. The number of hydrogen-bond donors (Lipinski definition) is 1. The van der Waals surface area contributed by atoms with E-state index in [0.29, 0.717) is 5.92 Å². The van der Waals surface area contributed by atoms with Gasteiger partial charge in [0, 0.05) is 0 Å². The fraction of sp³-hybridized carbons (Fsp3) is 1.00. The zero-order valence-corrected chi connectivity index (χ0v) is 11.0. The predicted molar refractivity (Wildman–Crippen MR) is 68.3 cm³/mol. The zero-order chi connectivity index (χ0) is 11.6. The van der Waals surface area contributed by atoms with E-state index in [2.05, 4.69) is 13.8 Å². The monoisotopic (exact) mass is 224 g/mol. The Morgan fingerprint density at radius 2 is 1.81 bits per heavy atom. The van der Waals surface area contributed by atoms with Gasteiger partial charge in [-0.3, -0.25) is 0 Å². The van der Waals surface area contributed by atoms with Gasteiger partial charge in [0.05, 0.1) is 5.60 Å². The zero-order valence-electron chi connectivity index (χ0n) is 11.0. The first-order valence-electron chi connectivity index (χ1n) is 7.32. The maximum atomic E-state index is 10.9. The van der Waals surface area contributed by atoms with Crippen molar-refractivity contribution in [2.75, 3.05) is 0 Å². The molecule has 2 unspecified atom stereocenters. The van der Waals surface area contributed by atoms with Crippen LogP contribution in [-0.4, -0.2) is 10.7 Å². The molecule has 0 aromatic heterocycles. The van der Waals surface area contributed by atoms with Crippen molar-refractivity contribution in [1.82, 2.24) is 0 Å². The molecule has 0 saturated heterocycles. The molecule has 94 valence electrons. The van der Waals surface area contributed by atoms with Gasteiger partial charge in [0.2, 0.25) is 0 Å². The van der Waals surface area contributed by atoms with Crippen LogP contribution in [0.15, 0.2) is 0 Å². The molecule has 0 aromatic rings. The van der Waals surface area contributed by atoms with Crippen molar-refractivity contribution in [1.29, 1.82) is 0 Å². The molecule has 0 heterocycles. The molecule has 2 aliphatic rings. The van der Waals surface area contributed by atoms with Crippen LogP contribution in [0.5, 0.6) is 0 Å². The summed E-state index contributed by atoms with van der Waals surface area (Å²) in [5, 5.41) is 10.9. The van der Waals surface area contributed by atoms with Gasteiger partial charge in [-0.2, -0.15) is 0 Å². The van der Waals surface area contributed by atoms with Crippen LogP contribution >= 0.6 is 0 Å². The minimum absolute atomic E-state index is 0.283. The molecule has 16 heavy (non-hydrogen) atoms. The quantitative estimate of drug-likeness (QED) is 0.763. The first-order valence-corrected chi connectivity index (χ1v) is 7.32. The second-order valence-corrected chi connectivity index (χ2v) is 6.68. The van der Waals surface area contributed by atoms with E-state index in [1.54, 1.807) is 0 Å². The van der Waals surface area contributed by atoms with Crippen LogP contribution in [0.2, 0.25) is 0 Å². The van der Waals surface area contributed by atoms with E-state index in [1.165, 1.54) is 44.9 Å². The highest BCUT2D eigenvalue weighted by Gasteiger charge is 2.41. The van der Waals surface area contributed by atoms with E-state index < -0.39 is 0 Å². The summed E-state index contributed by atoms with van der Waals surface area (Å²) in [6, 6.07) is 0. The molecule has 2 aliphatic carbocycles. The molecule has 0 aliphatic heterocycles. The van der Waals surface area contributed by atoms with E-state index in [0.717, 1.165) is 24.7 Å². The lowest BCUT2D eigenvalue weighted by Gasteiger charge is -2.41. The number of aliphatic hydroxyl groups is 1. The van der Waals surface area contributed by atoms with E-state index in [1.807, 2.05) is 0 Å². The maximum Gasteiger partial charge on any atom is 0.0678 e. The van der Waals surface area contributed by atoms with Crippen LogP contribution in [-0.2, 0) is 0 Å². The second-order valence-electron chi connectivity index (χ2n) is 6.68. The first-order chi connectivity index (χ1) is 7.60. The minimum Gasteiger partial charge on any atom is -0.390 e. The molecule has 0 radical (unpaired) electrons. The average Bonchev–Trinajstić information content (AvgIpc) is 2.69. The van der Waals surface area contributed by atoms with E-state index in [9.17, 15) is 5.11 Å². The Hall–Kier alpha value is -0.0400. The third kappa shape index (κ3) is 2.80. The molecule has 2 fully saturated rings. The SMILES string of the molecule is CC(C)CC1CCCC(O)(C2CCCC2)C1. The largest absolute Gasteiger partial charge is 0.390 e. The van der Waals surface area contributed by atoms with Crippen molar-refractivity contribution in [2.24, 2.45) is 17.8 Å². The van der Waals surface area contributed by atoms with Gasteiger partial charge >= 0.3 is 0 Å². The molecule has 1 N–H and O–H groups in total. The smallest absolute Gasteiger partial charge is 0.0678 e. The van der Waals surface area contributed by atoms with Gasteiger partial charge in [0.25, 0.3) is 0 Å². The molecule has 0 bridgehead atoms. The summed E-state index contributed by atoms with van der Waals surface area (Å²) in [7, 11) is 0. The summed E-state index contributed by atoms with van der Waals surface area (Å²) in [4.78, 5) is 0. The van der Waals surface area contributed by atoms with E-state index >= 15 is 0 Å². The minimum atomic E-state index is -0.283. The Bertz CT molecular complexity index is 217. The summed E-state index contributed by atoms with van der Waals surface area (Å²) in [6.45, 7) is 4.62. The molecule has 1 nitrogen and oxygen atoms in total. The second kappa shape index (κ2) is 5.08. The fourth-order valence-electron chi connectivity index (χ4n) is 4.10. The summed E-state index contributed by atoms with van der Waals surface area (Å²) in [6.07, 6.45) is 11.4. The van der Waals surface area contributed by atoms with Gasteiger partial charge in [-0.05, 0) is 49.9 Å². The Kier molecular flexibility index (Phi) is 3.94. The molecule has 1 heteroatoms. The summed E-state index contributed by atoms with van der Waals surface area (Å²) < 4.78 is 0. The van der Waals surface area contributed by atoms with Gasteiger partial charge in [-0.25, -0.2) is 0 Å². The highest BCUT2D eigenvalue weighted by Crippen LogP contribution is 2.45. The Morgan fingerprint density at radius 3 is 2.44 bits per heavy atom. The van der Waals surface area contributed by atoms with Gasteiger partial charge in [0.1, 0.15) is 0 Å². The van der Waals surface area contributed by atoms with Gasteiger partial charge < -0.3 is 5.11 Å². The van der Waals surface area contributed by atoms with Gasteiger partial charge in [0.15, 0.2) is 0 Å². The van der Waals surface area contributed by atoms with Gasteiger partial charge in [-0.15, -0.1) is 0 Å². The summed E-state index contributed by atoms with van der Waals surface area (Å²) in [5.74, 6) is 2.21. The predicted octanol–water partition coefficient (Wildman–Crippen LogP) is 4.14. The third-order valence-electron chi connectivity index (χ3n) is 4.78. The van der Waals surface area contributed by atoms with Crippen molar-refractivity contribution in [3.8, 4) is 0 Å². The molecule has 0 aromatic carbocycles. The topological polar surface area (TPSA) is 20.2 Å². The van der Waals surface area contributed by atoms with Crippen molar-refractivity contribution >= 4 is 0 Å². The third-order valence-corrected chi connectivity index (χ3v) is 4.78. The Labute approximate surface area is 101 Å². The molecule has 2 atom stereocenters. The highest BCUT2D eigenvalue weighted by molar-refractivity contribution is 4.93. The van der Waals surface area contributed by atoms with Crippen molar-refractivity contribution in [3.05, 3.63) is 0 Å². The Morgan fingerprint density at radius 1 is 1.12 bits per heavy atom. The first kappa shape index (κ1) is 12.4.